The third kappa shape index (κ3) is 4.41. The molecule has 150 valence electrons. The van der Waals surface area contributed by atoms with Crippen LogP contribution < -0.4 is 14.8 Å². The Kier molecular flexibility index (Phi) is 6.44. The van der Waals surface area contributed by atoms with E-state index in [0.717, 1.165) is 35.5 Å². The van der Waals surface area contributed by atoms with Crippen molar-refractivity contribution in [2.45, 2.75) is 26.5 Å². The highest BCUT2D eigenvalue weighted by Gasteiger charge is 2.15. The lowest BCUT2D eigenvalue weighted by Gasteiger charge is -2.11. The van der Waals surface area contributed by atoms with Crippen LogP contribution in [0.4, 0.5) is 0 Å². The molecule has 0 fully saturated rings. The van der Waals surface area contributed by atoms with E-state index in [9.17, 15) is 0 Å². The molecule has 1 aliphatic heterocycles. The van der Waals surface area contributed by atoms with Crippen LogP contribution in [0.2, 0.25) is 5.02 Å². The minimum absolute atomic E-state index is 0. The van der Waals surface area contributed by atoms with Gasteiger partial charge in [-0.3, -0.25) is 0 Å². The van der Waals surface area contributed by atoms with Crippen molar-refractivity contribution < 1.29 is 15.4 Å². The standard InChI is InChI=1S/C20H20ClN3O3.ClH.H2/c1-12(2)26-18-6-4-14(10-16(18)21)20-23-19(24-27-20)13-3-5-17-15(9-13)11-22-7-8-25-17;;/h3-6,9-10,12,22H,7-8,11H2,1-2H3;2*1H. The maximum Gasteiger partial charge on any atom is 0.258 e. The predicted molar refractivity (Wildman–Crippen MR) is 113 cm³/mol. The second kappa shape index (κ2) is 8.82. The Balaban J connectivity index is 0.00000150. The van der Waals surface area contributed by atoms with Gasteiger partial charge in [-0.05, 0) is 50.2 Å². The third-order valence-electron chi connectivity index (χ3n) is 4.14. The van der Waals surface area contributed by atoms with Gasteiger partial charge >= 0.3 is 0 Å². The van der Waals surface area contributed by atoms with Crippen LogP contribution in [0.5, 0.6) is 11.5 Å². The second-order valence-corrected chi connectivity index (χ2v) is 6.99. The Hall–Kier alpha value is -2.28. The highest BCUT2D eigenvalue weighted by molar-refractivity contribution is 6.32. The van der Waals surface area contributed by atoms with Gasteiger partial charge in [-0.15, -0.1) is 12.4 Å². The highest BCUT2D eigenvalue weighted by atomic mass is 35.5. The summed E-state index contributed by atoms with van der Waals surface area (Å²) in [5.74, 6) is 2.45. The Morgan fingerprint density at radius 3 is 2.79 bits per heavy atom. The van der Waals surface area contributed by atoms with Crippen LogP contribution in [-0.4, -0.2) is 29.4 Å². The lowest BCUT2D eigenvalue weighted by atomic mass is 10.1. The number of rotatable bonds is 4. The average Bonchev–Trinajstić information content (AvgIpc) is 3.02. The number of nitrogens with zero attached hydrogens (tertiary/aromatic N) is 2. The number of benzene rings is 2. The summed E-state index contributed by atoms with van der Waals surface area (Å²) in [5, 5.41) is 7.94. The molecule has 8 heteroatoms. The molecule has 0 unspecified atom stereocenters. The highest BCUT2D eigenvalue weighted by Crippen LogP contribution is 2.32. The Bertz CT molecular complexity index is 966. The summed E-state index contributed by atoms with van der Waals surface area (Å²) in [4.78, 5) is 4.52. The lowest BCUT2D eigenvalue weighted by Crippen LogP contribution is -2.16. The van der Waals surface area contributed by atoms with Crippen molar-refractivity contribution >= 4 is 24.0 Å². The smallest absolute Gasteiger partial charge is 0.258 e. The number of fused-ring (bicyclic) bond motifs is 1. The summed E-state index contributed by atoms with van der Waals surface area (Å²) in [5.41, 5.74) is 2.70. The van der Waals surface area contributed by atoms with E-state index in [4.69, 9.17) is 25.6 Å². The Morgan fingerprint density at radius 2 is 2.00 bits per heavy atom. The fourth-order valence-corrected chi connectivity index (χ4v) is 3.12. The first-order chi connectivity index (χ1) is 13.1. The van der Waals surface area contributed by atoms with Crippen molar-refractivity contribution in [3.8, 4) is 34.3 Å². The van der Waals surface area contributed by atoms with Gasteiger partial charge in [-0.25, -0.2) is 0 Å². The van der Waals surface area contributed by atoms with Crippen molar-refractivity contribution in [3.63, 3.8) is 0 Å². The van der Waals surface area contributed by atoms with E-state index in [2.05, 4.69) is 15.5 Å². The molecule has 0 atom stereocenters. The average molecular weight is 424 g/mol. The summed E-state index contributed by atoms with van der Waals surface area (Å²) in [6.07, 6.45) is 0.0510. The Morgan fingerprint density at radius 1 is 1.18 bits per heavy atom. The minimum atomic E-state index is 0. The molecule has 1 N–H and O–H groups in total. The first-order valence-electron chi connectivity index (χ1n) is 8.87. The van der Waals surface area contributed by atoms with Crippen LogP contribution in [0.3, 0.4) is 0 Å². The van der Waals surface area contributed by atoms with E-state index in [1.807, 2.05) is 44.2 Å². The molecule has 4 rings (SSSR count). The van der Waals surface area contributed by atoms with Gasteiger partial charge in [0.1, 0.15) is 18.1 Å². The molecule has 28 heavy (non-hydrogen) atoms. The fraction of sp³-hybridized carbons (Fsp3) is 0.300. The largest absolute Gasteiger partial charge is 0.492 e. The van der Waals surface area contributed by atoms with E-state index in [-0.39, 0.29) is 19.9 Å². The number of hydrogen-bond acceptors (Lipinski definition) is 6. The molecule has 6 nitrogen and oxygen atoms in total. The van der Waals surface area contributed by atoms with Gasteiger partial charge in [0.15, 0.2) is 0 Å². The zero-order chi connectivity index (χ0) is 18.8. The topological polar surface area (TPSA) is 69.4 Å². The van der Waals surface area contributed by atoms with Crippen LogP contribution in [0.15, 0.2) is 40.9 Å². The number of ether oxygens (including phenoxy) is 2. The normalized spacial score (nSPS) is 13.3. The first-order valence-corrected chi connectivity index (χ1v) is 9.25. The van der Waals surface area contributed by atoms with Crippen molar-refractivity contribution in [2.75, 3.05) is 13.2 Å². The molecule has 3 aromatic rings. The van der Waals surface area contributed by atoms with E-state index < -0.39 is 0 Å². The van der Waals surface area contributed by atoms with E-state index in [1.54, 1.807) is 6.07 Å². The van der Waals surface area contributed by atoms with Crippen LogP contribution in [0.25, 0.3) is 22.8 Å². The zero-order valence-corrected chi connectivity index (χ0v) is 17.1. The van der Waals surface area contributed by atoms with Crippen molar-refractivity contribution in [2.24, 2.45) is 0 Å². The lowest BCUT2D eigenvalue weighted by molar-refractivity contribution is 0.242. The molecule has 2 aromatic carbocycles. The second-order valence-electron chi connectivity index (χ2n) is 6.58. The Labute approximate surface area is 176 Å². The summed E-state index contributed by atoms with van der Waals surface area (Å²) >= 11 is 6.31. The number of hydrogen-bond donors (Lipinski definition) is 1. The quantitative estimate of drug-likeness (QED) is 0.636. The van der Waals surface area contributed by atoms with Gasteiger partial charge < -0.3 is 19.3 Å². The maximum atomic E-state index is 6.31. The van der Waals surface area contributed by atoms with Gasteiger partial charge in [0.05, 0.1) is 11.1 Å². The molecule has 0 amide bonds. The molecule has 2 heterocycles. The number of nitrogens with one attached hydrogen (secondary N) is 1. The van der Waals surface area contributed by atoms with Crippen LogP contribution in [0.1, 0.15) is 20.8 Å². The first kappa shape index (κ1) is 20.5. The molecule has 0 aliphatic carbocycles. The van der Waals surface area contributed by atoms with Crippen molar-refractivity contribution in [1.82, 2.24) is 15.5 Å². The maximum absolute atomic E-state index is 6.31. The van der Waals surface area contributed by atoms with E-state index in [0.29, 0.717) is 29.1 Å². The van der Waals surface area contributed by atoms with Crippen molar-refractivity contribution in [3.05, 3.63) is 47.0 Å². The molecule has 1 aliphatic rings. The molecule has 0 radical (unpaired) electrons. The molecular formula is C20H23Cl2N3O3. The third-order valence-corrected chi connectivity index (χ3v) is 4.43. The van der Waals surface area contributed by atoms with Gasteiger partial charge in [0.25, 0.3) is 5.89 Å². The molecule has 0 saturated carbocycles. The number of halogens is 2. The van der Waals surface area contributed by atoms with Crippen molar-refractivity contribution in [1.29, 1.82) is 0 Å². The molecule has 0 bridgehead atoms. The molecular weight excluding hydrogens is 401 g/mol. The van der Waals surface area contributed by atoms with E-state index in [1.165, 1.54) is 0 Å². The SMILES string of the molecule is CC(C)Oc1ccc(-c2nc(-c3ccc4c(c3)CNCCO4)no2)cc1Cl.Cl.[HH]. The predicted octanol–water partition coefficient (Wildman–Crippen LogP) is 4.99. The minimum Gasteiger partial charge on any atom is -0.492 e. The zero-order valence-electron chi connectivity index (χ0n) is 15.6. The number of aromatic nitrogens is 2. The van der Waals surface area contributed by atoms with Crippen LogP contribution in [-0.2, 0) is 6.54 Å². The van der Waals surface area contributed by atoms with Crippen LogP contribution >= 0.6 is 24.0 Å². The van der Waals surface area contributed by atoms with Gasteiger partial charge in [-0.1, -0.05) is 16.8 Å². The van der Waals surface area contributed by atoms with Gasteiger partial charge in [0, 0.05) is 31.2 Å². The molecule has 0 spiro atoms. The fourth-order valence-electron chi connectivity index (χ4n) is 2.90. The molecule has 1 aromatic heterocycles. The summed E-state index contributed by atoms with van der Waals surface area (Å²) < 4.78 is 16.8. The summed E-state index contributed by atoms with van der Waals surface area (Å²) in [6.45, 7) is 6.15. The monoisotopic (exact) mass is 423 g/mol. The van der Waals surface area contributed by atoms with Gasteiger partial charge in [0.2, 0.25) is 5.82 Å². The molecule has 0 saturated heterocycles. The van der Waals surface area contributed by atoms with Gasteiger partial charge in [-0.2, -0.15) is 4.98 Å². The van der Waals surface area contributed by atoms with E-state index >= 15 is 0 Å². The summed E-state index contributed by atoms with van der Waals surface area (Å²) in [7, 11) is 0. The van der Waals surface area contributed by atoms with Crippen LogP contribution in [0, 0.1) is 0 Å². The summed E-state index contributed by atoms with van der Waals surface area (Å²) in [6, 6.07) is 11.3.